The zero-order valence-corrected chi connectivity index (χ0v) is 16.2. The number of alkyl halides is 3. The summed E-state index contributed by atoms with van der Waals surface area (Å²) in [7, 11) is 3.00. The van der Waals surface area contributed by atoms with E-state index in [1.807, 2.05) is 0 Å². The van der Waals surface area contributed by atoms with E-state index in [2.05, 4.69) is 15.8 Å². The first-order valence-electron chi connectivity index (χ1n) is 8.74. The molecule has 2 N–H and O–H groups in total. The van der Waals surface area contributed by atoms with Gasteiger partial charge in [0.2, 0.25) is 11.8 Å². The number of halogens is 3. The van der Waals surface area contributed by atoms with Gasteiger partial charge in [-0.05, 0) is 36.4 Å². The van der Waals surface area contributed by atoms with Gasteiger partial charge in [-0.15, -0.1) is 0 Å². The highest BCUT2D eigenvalue weighted by Gasteiger charge is 2.30. The van der Waals surface area contributed by atoms with Gasteiger partial charge in [-0.3, -0.25) is 9.59 Å². The van der Waals surface area contributed by atoms with Crippen molar-refractivity contribution in [1.29, 1.82) is 0 Å². The summed E-state index contributed by atoms with van der Waals surface area (Å²) >= 11 is 0. The van der Waals surface area contributed by atoms with Crippen molar-refractivity contribution in [2.75, 3.05) is 19.5 Å². The summed E-state index contributed by atoms with van der Waals surface area (Å²) in [5.41, 5.74) is 1.97. The van der Waals surface area contributed by atoms with Gasteiger partial charge in [-0.1, -0.05) is 6.07 Å². The standard InChI is InChI=1S/C20H20F3N3O4/c1-29-16-6-7-17(30-2)13(10-16)12-24-26-19(28)9-8-18(27)25-15-5-3-4-14(11-15)20(21,22)23/h3-7,10-12H,8-9H2,1-2H3,(H,25,27)(H,26,28). The number of hydrazone groups is 1. The number of rotatable bonds is 8. The third-order valence-corrected chi connectivity index (χ3v) is 3.88. The Morgan fingerprint density at radius 1 is 1.03 bits per heavy atom. The highest BCUT2D eigenvalue weighted by Crippen LogP contribution is 2.30. The Balaban J connectivity index is 1.85. The van der Waals surface area contributed by atoms with E-state index in [1.165, 1.54) is 32.6 Å². The molecule has 2 amide bonds. The fourth-order valence-electron chi connectivity index (χ4n) is 2.39. The second-order valence-corrected chi connectivity index (χ2v) is 6.03. The number of carbonyl (C=O) groups excluding carboxylic acids is 2. The molecule has 0 fully saturated rings. The van der Waals surface area contributed by atoms with Crippen LogP contribution in [0, 0.1) is 0 Å². The number of anilines is 1. The Morgan fingerprint density at radius 3 is 2.43 bits per heavy atom. The maximum absolute atomic E-state index is 12.7. The molecule has 30 heavy (non-hydrogen) atoms. The van der Waals surface area contributed by atoms with Gasteiger partial charge in [0, 0.05) is 24.1 Å². The molecule has 0 atom stereocenters. The van der Waals surface area contributed by atoms with Crippen LogP contribution in [0.1, 0.15) is 24.0 Å². The van der Waals surface area contributed by atoms with Crippen molar-refractivity contribution in [3.8, 4) is 11.5 Å². The van der Waals surface area contributed by atoms with Crippen LogP contribution in [0.3, 0.4) is 0 Å². The van der Waals surface area contributed by atoms with Crippen LogP contribution in [0.2, 0.25) is 0 Å². The smallest absolute Gasteiger partial charge is 0.416 e. The van der Waals surface area contributed by atoms with Crippen LogP contribution in [0.4, 0.5) is 18.9 Å². The van der Waals surface area contributed by atoms with Crippen molar-refractivity contribution in [1.82, 2.24) is 5.43 Å². The van der Waals surface area contributed by atoms with Crippen LogP contribution in [-0.4, -0.2) is 32.2 Å². The predicted octanol–water partition coefficient (Wildman–Crippen LogP) is 3.59. The first kappa shape index (κ1) is 22.7. The molecule has 0 unspecified atom stereocenters. The topological polar surface area (TPSA) is 89.0 Å². The Kier molecular flexibility index (Phi) is 7.79. The number of hydrogen-bond donors (Lipinski definition) is 2. The van der Waals surface area contributed by atoms with Crippen LogP contribution < -0.4 is 20.2 Å². The zero-order valence-electron chi connectivity index (χ0n) is 16.2. The molecule has 0 aliphatic rings. The SMILES string of the molecule is COc1ccc(OC)c(C=NNC(=O)CCC(=O)Nc2cccc(C(F)(F)F)c2)c1. The van der Waals surface area contributed by atoms with Gasteiger partial charge in [0.05, 0.1) is 26.0 Å². The van der Waals surface area contributed by atoms with E-state index in [-0.39, 0.29) is 18.5 Å². The predicted molar refractivity (Wildman–Crippen MR) is 105 cm³/mol. The fourth-order valence-corrected chi connectivity index (χ4v) is 2.39. The van der Waals surface area contributed by atoms with E-state index in [4.69, 9.17) is 9.47 Å². The lowest BCUT2D eigenvalue weighted by Gasteiger charge is -2.09. The first-order chi connectivity index (χ1) is 14.2. The Hall–Kier alpha value is -3.56. The molecule has 7 nitrogen and oxygen atoms in total. The largest absolute Gasteiger partial charge is 0.497 e. The first-order valence-corrected chi connectivity index (χ1v) is 8.74. The molecular formula is C20H20F3N3O4. The molecule has 0 bridgehead atoms. The molecule has 0 spiro atoms. The van der Waals surface area contributed by atoms with Crippen molar-refractivity contribution in [3.63, 3.8) is 0 Å². The summed E-state index contributed by atoms with van der Waals surface area (Å²) in [6, 6.07) is 9.29. The number of ether oxygens (including phenoxy) is 2. The Bertz CT molecular complexity index is 930. The molecule has 0 aliphatic heterocycles. The third kappa shape index (κ3) is 6.80. The highest BCUT2D eigenvalue weighted by atomic mass is 19.4. The van der Waals surface area contributed by atoms with Crippen molar-refractivity contribution in [2.45, 2.75) is 19.0 Å². The summed E-state index contributed by atoms with van der Waals surface area (Å²) in [5, 5.41) is 6.14. The maximum Gasteiger partial charge on any atom is 0.416 e. The van der Waals surface area contributed by atoms with E-state index in [1.54, 1.807) is 18.2 Å². The van der Waals surface area contributed by atoms with Gasteiger partial charge >= 0.3 is 6.18 Å². The van der Waals surface area contributed by atoms with Crippen LogP contribution in [-0.2, 0) is 15.8 Å². The van der Waals surface area contributed by atoms with E-state index in [9.17, 15) is 22.8 Å². The van der Waals surface area contributed by atoms with Gasteiger partial charge in [0.1, 0.15) is 11.5 Å². The van der Waals surface area contributed by atoms with Gasteiger partial charge < -0.3 is 14.8 Å². The maximum atomic E-state index is 12.7. The third-order valence-electron chi connectivity index (χ3n) is 3.88. The quantitative estimate of drug-likeness (QED) is 0.502. The molecule has 160 valence electrons. The average molecular weight is 423 g/mol. The molecule has 0 radical (unpaired) electrons. The fraction of sp³-hybridized carbons (Fsp3) is 0.250. The second-order valence-electron chi connectivity index (χ2n) is 6.03. The Morgan fingerprint density at radius 2 is 1.77 bits per heavy atom. The lowest BCUT2D eigenvalue weighted by atomic mass is 10.2. The van der Waals surface area contributed by atoms with E-state index in [0.29, 0.717) is 17.1 Å². The molecule has 0 aromatic heterocycles. The normalized spacial score (nSPS) is 11.2. The number of nitrogens with zero attached hydrogens (tertiary/aromatic N) is 1. The number of carbonyl (C=O) groups is 2. The van der Waals surface area contributed by atoms with Crippen molar-refractivity contribution >= 4 is 23.7 Å². The molecule has 0 aliphatic carbocycles. The summed E-state index contributed by atoms with van der Waals surface area (Å²) in [6.07, 6.45) is -3.57. The second kappa shape index (κ2) is 10.3. The summed E-state index contributed by atoms with van der Waals surface area (Å²) in [4.78, 5) is 23.7. The van der Waals surface area contributed by atoms with Crippen LogP contribution in [0.25, 0.3) is 0 Å². The lowest BCUT2D eigenvalue weighted by Crippen LogP contribution is -2.20. The van der Waals surface area contributed by atoms with Crippen LogP contribution in [0.5, 0.6) is 11.5 Å². The van der Waals surface area contributed by atoms with Crippen LogP contribution >= 0.6 is 0 Å². The van der Waals surface area contributed by atoms with E-state index < -0.39 is 23.6 Å². The number of benzene rings is 2. The zero-order chi connectivity index (χ0) is 22.1. The van der Waals surface area contributed by atoms with Gasteiger partial charge in [-0.25, -0.2) is 5.43 Å². The minimum Gasteiger partial charge on any atom is -0.497 e. The van der Waals surface area contributed by atoms with Crippen LogP contribution in [0.15, 0.2) is 47.6 Å². The molecule has 0 saturated carbocycles. The molecule has 2 aromatic carbocycles. The minimum absolute atomic E-state index is 0.00151. The highest BCUT2D eigenvalue weighted by molar-refractivity contribution is 5.93. The van der Waals surface area contributed by atoms with E-state index >= 15 is 0 Å². The lowest BCUT2D eigenvalue weighted by molar-refractivity contribution is -0.137. The number of hydrogen-bond acceptors (Lipinski definition) is 5. The molecular weight excluding hydrogens is 403 g/mol. The van der Waals surface area contributed by atoms with Crippen molar-refractivity contribution in [3.05, 3.63) is 53.6 Å². The molecule has 0 heterocycles. The van der Waals surface area contributed by atoms with E-state index in [0.717, 1.165) is 12.1 Å². The summed E-state index contributed by atoms with van der Waals surface area (Å²) < 4.78 is 48.4. The Labute approximate surface area is 170 Å². The van der Waals surface area contributed by atoms with Crippen molar-refractivity contribution in [2.24, 2.45) is 5.10 Å². The van der Waals surface area contributed by atoms with Gasteiger partial charge in [0.25, 0.3) is 0 Å². The summed E-state index contributed by atoms with van der Waals surface area (Å²) in [6.45, 7) is 0. The minimum atomic E-state index is -4.51. The van der Waals surface area contributed by atoms with Crippen molar-refractivity contribution < 1.29 is 32.2 Å². The molecule has 10 heteroatoms. The number of methoxy groups -OCH3 is 2. The number of nitrogens with one attached hydrogen (secondary N) is 2. The average Bonchev–Trinajstić information content (AvgIpc) is 2.71. The molecule has 0 saturated heterocycles. The van der Waals surface area contributed by atoms with Gasteiger partial charge in [0.15, 0.2) is 0 Å². The molecule has 2 aromatic rings. The molecule has 2 rings (SSSR count). The summed E-state index contributed by atoms with van der Waals surface area (Å²) in [5.74, 6) is -0.0284. The van der Waals surface area contributed by atoms with Gasteiger partial charge in [-0.2, -0.15) is 18.3 Å². The number of amides is 2. The monoisotopic (exact) mass is 423 g/mol.